The Balaban J connectivity index is 1.51. The van der Waals surface area contributed by atoms with Crippen molar-refractivity contribution in [3.05, 3.63) is 59.7 Å². The van der Waals surface area contributed by atoms with Gasteiger partial charge in [-0.05, 0) is 75.1 Å². The third kappa shape index (κ3) is 5.61. The first-order valence-electron chi connectivity index (χ1n) is 9.36. The molecule has 1 saturated heterocycles. The first kappa shape index (κ1) is 19.0. The first-order valence-corrected chi connectivity index (χ1v) is 10.3. The number of anilines is 1. The summed E-state index contributed by atoms with van der Waals surface area (Å²) in [4.78, 5) is 16.0. The number of aryl methyl sites for hydroxylation is 1. The molecule has 1 amide bonds. The van der Waals surface area contributed by atoms with Crippen LogP contribution in [-0.2, 0) is 10.5 Å². The Bertz CT molecular complexity index is 724. The van der Waals surface area contributed by atoms with Gasteiger partial charge in [-0.15, -0.1) is 11.8 Å². The third-order valence-electron chi connectivity index (χ3n) is 5.03. The van der Waals surface area contributed by atoms with Gasteiger partial charge in [0.05, 0.1) is 0 Å². The lowest BCUT2D eigenvalue weighted by Crippen LogP contribution is -2.32. The molecule has 3 nitrogen and oxygen atoms in total. The Kier molecular flexibility index (Phi) is 6.75. The molecule has 0 unspecified atom stereocenters. The monoisotopic (exact) mass is 368 g/mol. The number of carbonyl (C=O) groups excluding carboxylic acids is 1. The summed E-state index contributed by atoms with van der Waals surface area (Å²) in [6.07, 6.45) is 2.88. The van der Waals surface area contributed by atoms with Crippen LogP contribution in [0.15, 0.2) is 53.4 Å². The van der Waals surface area contributed by atoms with Gasteiger partial charge in [-0.3, -0.25) is 4.79 Å². The number of nitrogens with one attached hydrogen (secondary N) is 1. The summed E-state index contributed by atoms with van der Waals surface area (Å²) in [5, 5.41) is 3.11. The van der Waals surface area contributed by atoms with Crippen LogP contribution in [0, 0.1) is 12.8 Å². The summed E-state index contributed by atoms with van der Waals surface area (Å²) in [6.45, 7) is 4.28. The highest BCUT2D eigenvalue weighted by Gasteiger charge is 2.19. The second-order valence-electron chi connectivity index (χ2n) is 7.25. The van der Waals surface area contributed by atoms with Gasteiger partial charge in [0, 0.05) is 22.8 Å². The molecule has 0 aliphatic carbocycles. The van der Waals surface area contributed by atoms with E-state index in [-0.39, 0.29) is 5.91 Å². The van der Waals surface area contributed by atoms with Crippen molar-refractivity contribution in [2.45, 2.75) is 36.8 Å². The van der Waals surface area contributed by atoms with Crippen molar-refractivity contribution in [3.8, 4) is 0 Å². The summed E-state index contributed by atoms with van der Waals surface area (Å²) in [5.41, 5.74) is 3.36. The van der Waals surface area contributed by atoms with E-state index >= 15 is 0 Å². The second-order valence-corrected chi connectivity index (χ2v) is 8.30. The van der Waals surface area contributed by atoms with E-state index in [2.05, 4.69) is 60.6 Å². The molecule has 1 heterocycles. The van der Waals surface area contributed by atoms with E-state index in [1.165, 1.54) is 10.5 Å². The molecule has 4 heteroatoms. The fraction of sp³-hybridized carbons (Fsp3) is 0.409. The minimum atomic E-state index is 0.147. The maximum Gasteiger partial charge on any atom is 0.224 e. The molecule has 138 valence electrons. The van der Waals surface area contributed by atoms with Gasteiger partial charge in [0.25, 0.3) is 0 Å². The van der Waals surface area contributed by atoms with Crippen molar-refractivity contribution in [2.75, 3.05) is 25.5 Å². The molecule has 2 aromatic carbocycles. The SMILES string of the molecule is Cc1cc(CSc2ccccc2)ccc1NC(=O)CC1CCN(C)CC1. The van der Waals surface area contributed by atoms with Gasteiger partial charge in [-0.1, -0.05) is 30.3 Å². The summed E-state index contributed by atoms with van der Waals surface area (Å²) < 4.78 is 0. The largest absolute Gasteiger partial charge is 0.326 e. The molecule has 2 aromatic rings. The Labute approximate surface area is 161 Å². The Hall–Kier alpha value is -1.78. The molecule has 1 fully saturated rings. The van der Waals surface area contributed by atoms with Gasteiger partial charge in [-0.25, -0.2) is 0 Å². The predicted octanol–water partition coefficient (Wildman–Crippen LogP) is 4.96. The topological polar surface area (TPSA) is 32.3 Å². The van der Waals surface area contributed by atoms with Gasteiger partial charge >= 0.3 is 0 Å². The molecular weight excluding hydrogens is 340 g/mol. The summed E-state index contributed by atoms with van der Waals surface area (Å²) >= 11 is 1.83. The average molecular weight is 369 g/mol. The molecule has 0 radical (unpaired) electrons. The van der Waals surface area contributed by atoms with E-state index in [9.17, 15) is 4.79 Å². The molecule has 0 saturated carbocycles. The molecule has 3 rings (SSSR count). The van der Waals surface area contributed by atoms with Crippen LogP contribution in [0.4, 0.5) is 5.69 Å². The summed E-state index contributed by atoms with van der Waals surface area (Å²) in [5.74, 6) is 1.61. The number of benzene rings is 2. The number of thioether (sulfide) groups is 1. The maximum absolute atomic E-state index is 12.4. The minimum absolute atomic E-state index is 0.147. The van der Waals surface area contributed by atoms with Crippen LogP contribution in [0.5, 0.6) is 0 Å². The van der Waals surface area contributed by atoms with E-state index in [0.717, 1.165) is 42.9 Å². The van der Waals surface area contributed by atoms with E-state index < -0.39 is 0 Å². The van der Waals surface area contributed by atoms with Crippen molar-refractivity contribution >= 4 is 23.4 Å². The van der Waals surface area contributed by atoms with Crippen LogP contribution in [-0.4, -0.2) is 30.9 Å². The number of hydrogen-bond acceptors (Lipinski definition) is 3. The lowest BCUT2D eigenvalue weighted by Gasteiger charge is -2.28. The van der Waals surface area contributed by atoms with Crippen molar-refractivity contribution < 1.29 is 4.79 Å². The Morgan fingerprint density at radius 2 is 1.88 bits per heavy atom. The fourth-order valence-corrected chi connectivity index (χ4v) is 4.23. The molecular formula is C22H28N2OS. The van der Waals surface area contributed by atoms with Gasteiger partial charge < -0.3 is 10.2 Å². The van der Waals surface area contributed by atoms with Gasteiger partial charge in [0.1, 0.15) is 0 Å². The highest BCUT2D eigenvalue weighted by Crippen LogP contribution is 2.26. The number of likely N-dealkylation sites (tertiary alicyclic amines) is 1. The summed E-state index contributed by atoms with van der Waals surface area (Å²) in [6, 6.07) is 16.8. The zero-order chi connectivity index (χ0) is 18.4. The number of piperidine rings is 1. The second kappa shape index (κ2) is 9.24. The van der Waals surface area contributed by atoms with Crippen LogP contribution in [0.25, 0.3) is 0 Å². The minimum Gasteiger partial charge on any atom is -0.326 e. The lowest BCUT2D eigenvalue weighted by molar-refractivity contribution is -0.117. The van der Waals surface area contributed by atoms with E-state index in [4.69, 9.17) is 0 Å². The molecule has 26 heavy (non-hydrogen) atoms. The quantitative estimate of drug-likeness (QED) is 0.732. The van der Waals surface area contributed by atoms with Crippen LogP contribution >= 0.6 is 11.8 Å². The predicted molar refractivity (Wildman–Crippen MR) is 111 cm³/mol. The van der Waals surface area contributed by atoms with Crippen molar-refractivity contribution in [2.24, 2.45) is 5.92 Å². The Morgan fingerprint density at radius 3 is 2.58 bits per heavy atom. The zero-order valence-electron chi connectivity index (χ0n) is 15.7. The summed E-state index contributed by atoms with van der Waals surface area (Å²) in [7, 11) is 2.15. The molecule has 1 aliphatic rings. The van der Waals surface area contributed by atoms with Gasteiger partial charge in [-0.2, -0.15) is 0 Å². The standard InChI is InChI=1S/C22H28N2OS/c1-17-14-19(16-26-20-6-4-3-5-7-20)8-9-21(17)23-22(25)15-18-10-12-24(2)13-11-18/h3-9,14,18H,10-13,15-16H2,1-2H3,(H,23,25). The molecule has 1 N–H and O–H groups in total. The normalized spacial score (nSPS) is 15.8. The highest BCUT2D eigenvalue weighted by molar-refractivity contribution is 7.98. The smallest absolute Gasteiger partial charge is 0.224 e. The fourth-order valence-electron chi connectivity index (χ4n) is 3.37. The average Bonchev–Trinajstić information content (AvgIpc) is 2.65. The highest BCUT2D eigenvalue weighted by atomic mass is 32.2. The van der Waals surface area contributed by atoms with E-state index in [0.29, 0.717) is 12.3 Å². The zero-order valence-corrected chi connectivity index (χ0v) is 16.5. The molecule has 1 aliphatic heterocycles. The lowest BCUT2D eigenvalue weighted by atomic mass is 9.93. The maximum atomic E-state index is 12.4. The first-order chi connectivity index (χ1) is 12.6. The van der Waals surface area contributed by atoms with Crippen molar-refractivity contribution in [3.63, 3.8) is 0 Å². The van der Waals surface area contributed by atoms with Crippen molar-refractivity contribution in [1.29, 1.82) is 0 Å². The van der Waals surface area contributed by atoms with Crippen LogP contribution in [0.3, 0.4) is 0 Å². The number of rotatable bonds is 6. The number of amides is 1. The number of hydrogen-bond donors (Lipinski definition) is 1. The molecule has 0 atom stereocenters. The van der Waals surface area contributed by atoms with Crippen LogP contribution in [0.2, 0.25) is 0 Å². The van der Waals surface area contributed by atoms with Gasteiger partial charge in [0.2, 0.25) is 5.91 Å². The van der Waals surface area contributed by atoms with E-state index in [1.54, 1.807) is 0 Å². The van der Waals surface area contributed by atoms with E-state index in [1.807, 2.05) is 23.9 Å². The van der Waals surface area contributed by atoms with Gasteiger partial charge in [0.15, 0.2) is 0 Å². The number of nitrogens with zero attached hydrogens (tertiary/aromatic N) is 1. The molecule has 0 bridgehead atoms. The number of carbonyl (C=O) groups is 1. The molecule has 0 aromatic heterocycles. The third-order valence-corrected chi connectivity index (χ3v) is 6.11. The van der Waals surface area contributed by atoms with Crippen LogP contribution < -0.4 is 5.32 Å². The Morgan fingerprint density at radius 1 is 1.15 bits per heavy atom. The van der Waals surface area contributed by atoms with Crippen molar-refractivity contribution in [1.82, 2.24) is 4.90 Å². The van der Waals surface area contributed by atoms with Crippen LogP contribution in [0.1, 0.15) is 30.4 Å². The molecule has 0 spiro atoms.